The molecule has 2 aromatic carbocycles. The van der Waals surface area contributed by atoms with E-state index < -0.39 is 0 Å². The standard InChI is InChI=1S/C23H22ClN3O4/c1-29-19-9-5-6-15(22(19)30-2)10-13-21(28)27(16-11-12-16)14-20-25-26-23(31-20)17-7-3-4-8-18(17)24/h3-10,13,16H,11-12,14H2,1-2H3/b13-10+. The molecule has 1 aliphatic rings. The Balaban J connectivity index is 1.51. The fraction of sp³-hybridized carbons (Fsp3) is 0.261. The summed E-state index contributed by atoms with van der Waals surface area (Å²) in [6.45, 7) is 0.237. The molecule has 7 nitrogen and oxygen atoms in total. The molecule has 0 aliphatic heterocycles. The molecule has 160 valence electrons. The van der Waals surface area contributed by atoms with Crippen molar-refractivity contribution >= 4 is 23.6 Å². The highest BCUT2D eigenvalue weighted by atomic mass is 35.5. The molecule has 1 heterocycles. The van der Waals surface area contributed by atoms with Gasteiger partial charge in [-0.2, -0.15) is 0 Å². The van der Waals surface area contributed by atoms with Gasteiger partial charge in [-0.3, -0.25) is 4.79 Å². The van der Waals surface area contributed by atoms with Crippen molar-refractivity contribution < 1.29 is 18.7 Å². The number of carbonyl (C=O) groups excluding carboxylic acids is 1. The van der Waals surface area contributed by atoms with Gasteiger partial charge in [0.2, 0.25) is 17.7 Å². The number of aromatic nitrogens is 2. The van der Waals surface area contributed by atoms with Gasteiger partial charge in [0.15, 0.2) is 11.5 Å². The number of rotatable bonds is 8. The quantitative estimate of drug-likeness (QED) is 0.477. The van der Waals surface area contributed by atoms with Crippen molar-refractivity contribution in [1.82, 2.24) is 15.1 Å². The average Bonchev–Trinajstić information content (AvgIpc) is 3.53. The first-order valence-corrected chi connectivity index (χ1v) is 10.3. The molecule has 1 aliphatic carbocycles. The number of ether oxygens (including phenoxy) is 2. The summed E-state index contributed by atoms with van der Waals surface area (Å²) in [4.78, 5) is 14.7. The first-order chi connectivity index (χ1) is 15.1. The van der Waals surface area contributed by atoms with E-state index in [1.165, 1.54) is 6.08 Å². The van der Waals surface area contributed by atoms with Crippen molar-refractivity contribution in [1.29, 1.82) is 0 Å². The molecule has 3 aromatic rings. The monoisotopic (exact) mass is 439 g/mol. The minimum absolute atomic E-state index is 0.134. The summed E-state index contributed by atoms with van der Waals surface area (Å²) in [6.07, 6.45) is 5.16. The van der Waals surface area contributed by atoms with E-state index in [0.29, 0.717) is 33.9 Å². The molecule has 0 radical (unpaired) electrons. The first kappa shape index (κ1) is 20.9. The topological polar surface area (TPSA) is 77.7 Å². The molecule has 0 bridgehead atoms. The van der Waals surface area contributed by atoms with Gasteiger partial charge in [0.25, 0.3) is 0 Å². The summed E-state index contributed by atoms with van der Waals surface area (Å²) < 4.78 is 16.5. The van der Waals surface area contributed by atoms with Crippen molar-refractivity contribution in [2.45, 2.75) is 25.4 Å². The smallest absolute Gasteiger partial charge is 0.249 e. The van der Waals surface area contributed by atoms with E-state index in [1.54, 1.807) is 37.3 Å². The Morgan fingerprint density at radius 2 is 1.97 bits per heavy atom. The fourth-order valence-corrected chi connectivity index (χ4v) is 3.50. The summed E-state index contributed by atoms with van der Waals surface area (Å²) >= 11 is 6.21. The number of methoxy groups -OCH3 is 2. The summed E-state index contributed by atoms with van der Waals surface area (Å²) in [5.41, 5.74) is 1.42. The van der Waals surface area contributed by atoms with Gasteiger partial charge in [-0.05, 0) is 37.1 Å². The van der Waals surface area contributed by atoms with Crippen LogP contribution in [0, 0.1) is 0 Å². The van der Waals surface area contributed by atoms with Crippen molar-refractivity contribution in [2.75, 3.05) is 14.2 Å². The van der Waals surface area contributed by atoms with Crippen LogP contribution < -0.4 is 9.47 Å². The molecule has 0 N–H and O–H groups in total. The van der Waals surface area contributed by atoms with Crippen LogP contribution in [-0.2, 0) is 11.3 Å². The van der Waals surface area contributed by atoms with Crippen LogP contribution in [0.5, 0.6) is 11.5 Å². The molecule has 8 heteroatoms. The lowest BCUT2D eigenvalue weighted by Crippen LogP contribution is -2.31. The maximum Gasteiger partial charge on any atom is 0.249 e. The predicted molar refractivity (Wildman–Crippen MR) is 117 cm³/mol. The van der Waals surface area contributed by atoms with Crippen LogP contribution in [0.15, 0.2) is 53.0 Å². The number of hydrogen-bond acceptors (Lipinski definition) is 6. The molecule has 1 aromatic heterocycles. The lowest BCUT2D eigenvalue weighted by Gasteiger charge is -2.18. The lowest BCUT2D eigenvalue weighted by molar-refractivity contribution is -0.127. The Kier molecular flexibility index (Phi) is 6.23. The molecule has 0 saturated heterocycles. The van der Waals surface area contributed by atoms with E-state index in [1.807, 2.05) is 30.3 Å². The Labute approximate surface area is 185 Å². The molecule has 0 unspecified atom stereocenters. The number of amides is 1. The van der Waals surface area contributed by atoms with Crippen molar-refractivity contribution in [2.24, 2.45) is 0 Å². The molecular weight excluding hydrogens is 418 g/mol. The Morgan fingerprint density at radius 3 is 2.68 bits per heavy atom. The van der Waals surface area contributed by atoms with E-state index in [2.05, 4.69) is 10.2 Å². The second kappa shape index (κ2) is 9.22. The van der Waals surface area contributed by atoms with Crippen LogP contribution in [0.4, 0.5) is 0 Å². The normalized spacial score (nSPS) is 13.4. The highest BCUT2D eigenvalue weighted by Gasteiger charge is 2.33. The Bertz CT molecular complexity index is 1110. The van der Waals surface area contributed by atoms with E-state index in [-0.39, 0.29) is 18.5 Å². The second-order valence-corrected chi connectivity index (χ2v) is 7.50. The number of benzene rings is 2. The van der Waals surface area contributed by atoms with Crippen LogP contribution in [-0.4, -0.2) is 41.3 Å². The van der Waals surface area contributed by atoms with E-state index >= 15 is 0 Å². The zero-order chi connectivity index (χ0) is 21.8. The minimum Gasteiger partial charge on any atom is -0.493 e. The molecule has 31 heavy (non-hydrogen) atoms. The fourth-order valence-electron chi connectivity index (χ4n) is 3.28. The van der Waals surface area contributed by atoms with Crippen LogP contribution >= 0.6 is 11.6 Å². The van der Waals surface area contributed by atoms with Crippen LogP contribution in [0.2, 0.25) is 5.02 Å². The van der Waals surface area contributed by atoms with Gasteiger partial charge in [-0.15, -0.1) is 10.2 Å². The van der Waals surface area contributed by atoms with Gasteiger partial charge in [0, 0.05) is 17.7 Å². The number of halogens is 1. The highest BCUT2D eigenvalue weighted by molar-refractivity contribution is 6.33. The third-order valence-electron chi connectivity index (χ3n) is 4.99. The molecule has 4 rings (SSSR count). The molecular formula is C23H22ClN3O4. The number of carbonyl (C=O) groups is 1. The van der Waals surface area contributed by atoms with E-state index in [0.717, 1.165) is 18.4 Å². The molecule has 1 saturated carbocycles. The third-order valence-corrected chi connectivity index (χ3v) is 5.32. The number of para-hydroxylation sites is 1. The van der Waals surface area contributed by atoms with Gasteiger partial charge in [-0.25, -0.2) is 0 Å². The van der Waals surface area contributed by atoms with Gasteiger partial charge in [-0.1, -0.05) is 35.9 Å². The van der Waals surface area contributed by atoms with Gasteiger partial charge >= 0.3 is 0 Å². The molecule has 0 atom stereocenters. The number of nitrogens with zero attached hydrogens (tertiary/aromatic N) is 3. The van der Waals surface area contributed by atoms with Gasteiger partial charge < -0.3 is 18.8 Å². The Morgan fingerprint density at radius 1 is 1.16 bits per heavy atom. The van der Waals surface area contributed by atoms with E-state index in [4.69, 9.17) is 25.5 Å². The zero-order valence-corrected chi connectivity index (χ0v) is 18.0. The van der Waals surface area contributed by atoms with Gasteiger partial charge in [0.05, 0.1) is 31.4 Å². The largest absolute Gasteiger partial charge is 0.493 e. The lowest BCUT2D eigenvalue weighted by atomic mass is 10.1. The molecule has 1 fully saturated rings. The van der Waals surface area contributed by atoms with Crippen molar-refractivity contribution in [3.63, 3.8) is 0 Å². The van der Waals surface area contributed by atoms with E-state index in [9.17, 15) is 4.79 Å². The SMILES string of the molecule is COc1cccc(/C=C/C(=O)N(Cc2nnc(-c3ccccc3Cl)o2)C2CC2)c1OC. The molecule has 1 amide bonds. The van der Waals surface area contributed by atoms with Crippen LogP contribution in [0.25, 0.3) is 17.5 Å². The summed E-state index contributed by atoms with van der Waals surface area (Å²) in [7, 11) is 3.15. The first-order valence-electron chi connectivity index (χ1n) is 9.87. The highest BCUT2D eigenvalue weighted by Crippen LogP contribution is 2.33. The summed E-state index contributed by atoms with van der Waals surface area (Å²) in [6, 6.07) is 12.9. The van der Waals surface area contributed by atoms with Crippen LogP contribution in [0.3, 0.4) is 0 Å². The Hall–Kier alpha value is -3.32. The summed E-state index contributed by atoms with van der Waals surface area (Å²) in [5, 5.41) is 8.72. The van der Waals surface area contributed by atoms with Crippen molar-refractivity contribution in [3.8, 4) is 23.0 Å². The average molecular weight is 440 g/mol. The third kappa shape index (κ3) is 4.72. The van der Waals surface area contributed by atoms with Crippen LogP contribution in [0.1, 0.15) is 24.3 Å². The van der Waals surface area contributed by atoms with Gasteiger partial charge in [0.1, 0.15) is 0 Å². The maximum absolute atomic E-state index is 12.9. The van der Waals surface area contributed by atoms with Crippen molar-refractivity contribution in [3.05, 3.63) is 65.0 Å². The maximum atomic E-state index is 12.9. The molecule has 0 spiro atoms. The summed E-state index contributed by atoms with van der Waals surface area (Å²) in [5.74, 6) is 1.75. The second-order valence-electron chi connectivity index (χ2n) is 7.09. The zero-order valence-electron chi connectivity index (χ0n) is 17.2. The minimum atomic E-state index is -0.134. The predicted octanol–water partition coefficient (Wildman–Crippen LogP) is 4.61. The number of hydrogen-bond donors (Lipinski definition) is 0.